The fourth-order valence-electron chi connectivity index (χ4n) is 6.01. The fourth-order valence-corrected chi connectivity index (χ4v) is 6.01. The summed E-state index contributed by atoms with van der Waals surface area (Å²) in [5.41, 5.74) is 13.1. The van der Waals surface area contributed by atoms with Crippen LogP contribution in [-0.2, 0) is 16.5 Å². The maximum absolute atomic E-state index is 5.27. The van der Waals surface area contributed by atoms with Gasteiger partial charge in [0, 0.05) is 12.4 Å². The second kappa shape index (κ2) is 13.3. The van der Waals surface area contributed by atoms with Gasteiger partial charge in [0.1, 0.15) is 0 Å². The molecule has 0 aliphatic carbocycles. The van der Waals surface area contributed by atoms with Crippen molar-refractivity contribution in [1.82, 2.24) is 19.9 Å². The van der Waals surface area contributed by atoms with Crippen molar-refractivity contribution in [2.45, 2.75) is 0 Å². The van der Waals surface area contributed by atoms with Gasteiger partial charge in [-0.25, -0.2) is 4.98 Å². The monoisotopic (exact) mass is 646 g/mol. The SMILES string of the molecule is C1=Cc2nc1c(-c1ccccc1)c1ccc([n-]1)c(-c1ccccc1)cncc(-c1ccccc1)c1ccc([n-]1)c2-c1ccccc1.[Ni+2]. The minimum Gasteiger partial charge on any atom is -0.657 e. The third-order valence-corrected chi connectivity index (χ3v) is 8.20. The summed E-state index contributed by atoms with van der Waals surface area (Å²) in [5.74, 6) is 0. The first kappa shape index (κ1) is 29.9. The Kier molecular flexibility index (Phi) is 8.47. The van der Waals surface area contributed by atoms with E-state index in [9.17, 15) is 0 Å². The van der Waals surface area contributed by atoms with Gasteiger partial charge in [-0.05, 0) is 56.7 Å². The van der Waals surface area contributed by atoms with Crippen LogP contribution in [0, 0.1) is 0 Å². The number of hydrogen-bond donors (Lipinski definition) is 0. The molecule has 8 rings (SSSR count). The molecule has 6 bridgehead atoms. The van der Waals surface area contributed by atoms with Crippen LogP contribution < -0.4 is 9.97 Å². The van der Waals surface area contributed by atoms with E-state index in [4.69, 9.17) is 19.9 Å². The van der Waals surface area contributed by atoms with Gasteiger partial charge in [-0.15, -0.1) is 22.1 Å². The summed E-state index contributed by atoms with van der Waals surface area (Å²) in [6.07, 6.45) is 8.00. The Hall–Kier alpha value is -5.77. The molecule has 0 N–H and O–H groups in total. The molecule has 47 heavy (non-hydrogen) atoms. The number of fused-ring (bicyclic) bond motifs is 6. The molecule has 0 radical (unpaired) electrons. The van der Waals surface area contributed by atoms with Crippen molar-refractivity contribution in [2.75, 3.05) is 0 Å². The van der Waals surface area contributed by atoms with Gasteiger partial charge < -0.3 is 9.97 Å². The van der Waals surface area contributed by atoms with E-state index in [1.165, 1.54) is 0 Å². The molecule has 3 aromatic heterocycles. The standard InChI is InChI=1S/C42H28N4.Ni/c1-5-13-29(14-6-1)33-27-43-28-34(30-15-7-2-8-16-30)36-22-24-38(45-36)42(32-19-11-4-12-20-32)40-26-25-39(46-40)41(31-17-9-3-10-18-31)37-23-21-35(33)44-37;/h1-28H;/q-2;+2. The van der Waals surface area contributed by atoms with Crippen molar-refractivity contribution in [2.24, 2.45) is 0 Å². The minimum atomic E-state index is 0. The molecular formula is C42H28N4Ni. The summed E-state index contributed by atoms with van der Waals surface area (Å²) in [7, 11) is 0. The molecule has 0 spiro atoms. The van der Waals surface area contributed by atoms with E-state index in [2.05, 4.69) is 109 Å². The van der Waals surface area contributed by atoms with Crippen LogP contribution in [0.15, 0.2) is 158 Å². The summed E-state index contributed by atoms with van der Waals surface area (Å²) in [6, 6.07) is 49.6. The van der Waals surface area contributed by atoms with E-state index in [1.807, 2.05) is 60.9 Å². The van der Waals surface area contributed by atoms with Gasteiger partial charge in [0.15, 0.2) is 0 Å². The van der Waals surface area contributed by atoms with Crippen LogP contribution in [0.3, 0.4) is 0 Å². The van der Waals surface area contributed by atoms with Crippen LogP contribution in [0.2, 0.25) is 0 Å². The van der Waals surface area contributed by atoms with Crippen molar-refractivity contribution >= 4 is 34.2 Å². The van der Waals surface area contributed by atoms with Crippen LogP contribution in [0.4, 0.5) is 0 Å². The topological polar surface area (TPSA) is 54.0 Å². The van der Waals surface area contributed by atoms with Crippen molar-refractivity contribution in [1.29, 1.82) is 0 Å². The van der Waals surface area contributed by atoms with Crippen LogP contribution in [-0.4, -0.2) is 9.97 Å². The fraction of sp³-hybridized carbons (Fsp3) is 0. The Balaban J connectivity index is 0.00000351. The number of aromatic nitrogens is 4. The van der Waals surface area contributed by atoms with Gasteiger partial charge in [0.05, 0.1) is 11.4 Å². The molecule has 4 nitrogen and oxygen atoms in total. The van der Waals surface area contributed by atoms with Gasteiger partial charge in [-0.3, -0.25) is 4.98 Å². The Labute approximate surface area is 283 Å². The first-order valence-electron chi connectivity index (χ1n) is 15.3. The zero-order valence-electron chi connectivity index (χ0n) is 25.3. The molecule has 4 aromatic carbocycles. The number of rotatable bonds is 4. The summed E-state index contributed by atoms with van der Waals surface area (Å²) in [5, 5.41) is 0. The maximum atomic E-state index is 5.27. The molecule has 1 aliphatic heterocycles. The molecular weight excluding hydrogens is 619 g/mol. The van der Waals surface area contributed by atoms with Gasteiger partial charge in [0.2, 0.25) is 0 Å². The third-order valence-electron chi connectivity index (χ3n) is 8.20. The van der Waals surface area contributed by atoms with Crippen molar-refractivity contribution in [3.8, 4) is 44.5 Å². The Morgan fingerprint density at radius 1 is 0.362 bits per heavy atom. The quantitative estimate of drug-likeness (QED) is 0.179. The molecule has 226 valence electrons. The Morgan fingerprint density at radius 3 is 1.09 bits per heavy atom. The van der Waals surface area contributed by atoms with Crippen LogP contribution in [0.1, 0.15) is 11.4 Å². The van der Waals surface area contributed by atoms with E-state index in [0.29, 0.717) is 0 Å². The molecule has 0 unspecified atom stereocenters. The first-order chi connectivity index (χ1) is 22.8. The van der Waals surface area contributed by atoms with E-state index < -0.39 is 0 Å². The molecule has 0 saturated heterocycles. The predicted molar refractivity (Wildman–Crippen MR) is 190 cm³/mol. The van der Waals surface area contributed by atoms with Gasteiger partial charge in [-0.1, -0.05) is 146 Å². The van der Waals surface area contributed by atoms with E-state index >= 15 is 0 Å². The molecule has 7 aromatic rings. The largest absolute Gasteiger partial charge is 2.00 e. The number of hydrogen-bond acceptors (Lipinski definition) is 2. The van der Waals surface area contributed by atoms with Crippen LogP contribution in [0.25, 0.3) is 78.7 Å². The predicted octanol–water partition coefficient (Wildman–Crippen LogP) is 10.1. The van der Waals surface area contributed by atoms with E-state index in [1.54, 1.807) is 0 Å². The molecule has 0 fully saturated rings. The number of benzene rings is 4. The van der Waals surface area contributed by atoms with Crippen LogP contribution >= 0.6 is 0 Å². The van der Waals surface area contributed by atoms with Gasteiger partial charge in [-0.2, -0.15) is 0 Å². The molecule has 0 amide bonds. The average molecular weight is 647 g/mol. The molecule has 0 saturated carbocycles. The van der Waals surface area contributed by atoms with E-state index in [0.717, 1.165) is 78.0 Å². The second-order valence-electron chi connectivity index (χ2n) is 11.1. The summed E-state index contributed by atoms with van der Waals surface area (Å²) in [4.78, 5) is 20.6. The summed E-state index contributed by atoms with van der Waals surface area (Å²) >= 11 is 0. The smallest absolute Gasteiger partial charge is 0.657 e. The zero-order chi connectivity index (χ0) is 30.7. The van der Waals surface area contributed by atoms with Crippen molar-refractivity contribution in [3.63, 3.8) is 0 Å². The normalized spacial score (nSPS) is 11.1. The molecule has 0 atom stereocenters. The Morgan fingerprint density at radius 2 is 0.702 bits per heavy atom. The third kappa shape index (κ3) is 5.97. The van der Waals surface area contributed by atoms with E-state index in [-0.39, 0.29) is 16.5 Å². The molecule has 5 heteroatoms. The second-order valence-corrected chi connectivity index (χ2v) is 11.1. The molecule has 1 aliphatic rings. The first-order valence-corrected chi connectivity index (χ1v) is 15.3. The van der Waals surface area contributed by atoms with Crippen molar-refractivity contribution in [3.05, 3.63) is 169 Å². The minimum absolute atomic E-state index is 0. The number of nitrogens with zero attached hydrogens (tertiary/aromatic N) is 4. The zero-order valence-corrected chi connectivity index (χ0v) is 26.3. The summed E-state index contributed by atoms with van der Waals surface area (Å²) < 4.78 is 0. The van der Waals surface area contributed by atoms with Gasteiger partial charge in [0.25, 0.3) is 0 Å². The van der Waals surface area contributed by atoms with Crippen LogP contribution in [0.5, 0.6) is 0 Å². The maximum Gasteiger partial charge on any atom is 2.00 e. The molecule has 4 heterocycles. The Bertz CT molecular complexity index is 2180. The van der Waals surface area contributed by atoms with Gasteiger partial charge >= 0.3 is 16.5 Å². The van der Waals surface area contributed by atoms with Crippen molar-refractivity contribution < 1.29 is 16.5 Å². The average Bonchev–Trinajstić information content (AvgIpc) is 3.90. The summed E-state index contributed by atoms with van der Waals surface area (Å²) in [6.45, 7) is 0.